The molecule has 1 N–H and O–H groups in total. The fraction of sp³-hybridized carbons (Fsp3) is 0.455. The number of nitrogens with zero attached hydrogens (tertiary/aromatic N) is 3. The molecule has 27 heavy (non-hydrogen) atoms. The lowest BCUT2D eigenvalue weighted by atomic mass is 9.97. The number of carbonyl (C=O) groups is 1. The van der Waals surface area contributed by atoms with E-state index in [0.717, 1.165) is 61.3 Å². The summed E-state index contributed by atoms with van der Waals surface area (Å²) >= 11 is 0. The van der Waals surface area contributed by atoms with Crippen molar-refractivity contribution >= 4 is 5.91 Å². The maximum absolute atomic E-state index is 13.1. The van der Waals surface area contributed by atoms with Gasteiger partial charge in [0.25, 0.3) is 5.91 Å². The van der Waals surface area contributed by atoms with Crippen LogP contribution in [0.4, 0.5) is 0 Å². The first-order valence-electron chi connectivity index (χ1n) is 9.73. The number of likely N-dealkylation sites (tertiary alicyclic amines) is 1. The first-order chi connectivity index (χ1) is 13.1. The zero-order chi connectivity index (χ0) is 19.2. The lowest BCUT2D eigenvalue weighted by Gasteiger charge is -2.37. The SMILES string of the molecule is Cc1c(C(=O)N2CCC(N(C)CCCO)CC2)cccc1-c1ccccn1. The van der Waals surface area contributed by atoms with Crippen LogP contribution in [0.15, 0.2) is 42.6 Å². The van der Waals surface area contributed by atoms with E-state index in [2.05, 4.69) is 16.9 Å². The normalized spacial score (nSPS) is 15.3. The molecule has 3 rings (SSSR count). The van der Waals surface area contributed by atoms with E-state index in [9.17, 15) is 4.79 Å². The highest BCUT2D eigenvalue weighted by Gasteiger charge is 2.26. The van der Waals surface area contributed by atoms with Gasteiger partial charge in [-0.25, -0.2) is 0 Å². The van der Waals surface area contributed by atoms with Crippen molar-refractivity contribution in [1.29, 1.82) is 0 Å². The van der Waals surface area contributed by atoms with Crippen molar-refractivity contribution in [3.8, 4) is 11.3 Å². The smallest absolute Gasteiger partial charge is 0.254 e. The van der Waals surface area contributed by atoms with E-state index in [-0.39, 0.29) is 12.5 Å². The Balaban J connectivity index is 1.69. The fourth-order valence-corrected chi connectivity index (χ4v) is 3.85. The van der Waals surface area contributed by atoms with Crippen molar-refractivity contribution in [1.82, 2.24) is 14.8 Å². The van der Waals surface area contributed by atoms with Crippen LogP contribution in [-0.2, 0) is 0 Å². The maximum Gasteiger partial charge on any atom is 0.254 e. The molecule has 2 aromatic rings. The Labute approximate surface area is 161 Å². The van der Waals surface area contributed by atoms with E-state index in [4.69, 9.17) is 5.11 Å². The number of hydrogen-bond donors (Lipinski definition) is 1. The molecule has 0 unspecified atom stereocenters. The average molecular weight is 367 g/mol. The number of pyridine rings is 1. The Morgan fingerprint density at radius 1 is 1.22 bits per heavy atom. The molecule has 2 heterocycles. The van der Waals surface area contributed by atoms with Crippen LogP contribution in [0.2, 0.25) is 0 Å². The van der Waals surface area contributed by atoms with Gasteiger partial charge in [-0.1, -0.05) is 18.2 Å². The largest absolute Gasteiger partial charge is 0.396 e. The molecule has 1 aromatic carbocycles. The molecule has 0 saturated carbocycles. The van der Waals surface area contributed by atoms with E-state index in [1.165, 1.54) is 0 Å². The van der Waals surface area contributed by atoms with Gasteiger partial charge in [-0.2, -0.15) is 0 Å². The second-order valence-corrected chi connectivity index (χ2v) is 7.27. The predicted octanol–water partition coefficient (Wildman–Crippen LogP) is 2.98. The van der Waals surface area contributed by atoms with Gasteiger partial charge in [-0.15, -0.1) is 0 Å². The third-order valence-corrected chi connectivity index (χ3v) is 5.55. The van der Waals surface area contributed by atoms with Gasteiger partial charge in [0.05, 0.1) is 5.69 Å². The van der Waals surface area contributed by atoms with Gasteiger partial charge in [-0.3, -0.25) is 9.78 Å². The summed E-state index contributed by atoms with van der Waals surface area (Å²) in [7, 11) is 2.11. The van der Waals surface area contributed by atoms with Crippen LogP contribution in [0.25, 0.3) is 11.3 Å². The van der Waals surface area contributed by atoms with Crippen molar-refractivity contribution in [2.45, 2.75) is 32.2 Å². The minimum absolute atomic E-state index is 0.113. The Morgan fingerprint density at radius 3 is 2.67 bits per heavy atom. The zero-order valence-electron chi connectivity index (χ0n) is 16.3. The maximum atomic E-state index is 13.1. The minimum atomic E-state index is 0.113. The summed E-state index contributed by atoms with van der Waals surface area (Å²) in [5.74, 6) is 0.113. The van der Waals surface area contributed by atoms with Crippen LogP contribution in [0.3, 0.4) is 0 Å². The van der Waals surface area contributed by atoms with Crippen molar-refractivity contribution in [2.24, 2.45) is 0 Å². The Morgan fingerprint density at radius 2 is 2.00 bits per heavy atom. The van der Waals surface area contributed by atoms with E-state index in [0.29, 0.717) is 6.04 Å². The van der Waals surface area contributed by atoms with Crippen molar-refractivity contribution in [3.05, 3.63) is 53.7 Å². The van der Waals surface area contributed by atoms with Gasteiger partial charge < -0.3 is 14.9 Å². The van der Waals surface area contributed by atoms with Gasteiger partial charge >= 0.3 is 0 Å². The molecular formula is C22H29N3O2. The molecular weight excluding hydrogens is 338 g/mol. The molecule has 1 saturated heterocycles. The van der Waals surface area contributed by atoms with Gasteiger partial charge in [0.1, 0.15) is 0 Å². The zero-order valence-corrected chi connectivity index (χ0v) is 16.3. The summed E-state index contributed by atoms with van der Waals surface area (Å²) in [6, 6.07) is 12.2. The van der Waals surface area contributed by atoms with Crippen LogP contribution in [0.1, 0.15) is 35.2 Å². The number of rotatable bonds is 6. The third-order valence-electron chi connectivity index (χ3n) is 5.55. The second-order valence-electron chi connectivity index (χ2n) is 7.27. The van der Waals surface area contributed by atoms with Crippen LogP contribution in [0.5, 0.6) is 0 Å². The highest BCUT2D eigenvalue weighted by Crippen LogP contribution is 2.26. The number of amides is 1. The van der Waals surface area contributed by atoms with Crippen LogP contribution in [-0.4, -0.2) is 65.1 Å². The molecule has 5 heteroatoms. The number of aliphatic hydroxyl groups excluding tert-OH is 1. The predicted molar refractivity (Wildman–Crippen MR) is 108 cm³/mol. The fourth-order valence-electron chi connectivity index (χ4n) is 3.85. The van der Waals surface area contributed by atoms with Gasteiger partial charge in [0, 0.05) is 49.6 Å². The molecule has 5 nitrogen and oxygen atoms in total. The number of aromatic nitrogens is 1. The van der Waals surface area contributed by atoms with Crippen LogP contribution in [0, 0.1) is 6.92 Å². The molecule has 144 valence electrons. The van der Waals surface area contributed by atoms with E-state index >= 15 is 0 Å². The monoisotopic (exact) mass is 367 g/mol. The second kappa shape index (κ2) is 9.11. The minimum Gasteiger partial charge on any atom is -0.396 e. The Bertz CT molecular complexity index is 755. The summed E-state index contributed by atoms with van der Waals surface area (Å²) in [4.78, 5) is 21.8. The molecule has 0 spiro atoms. The van der Waals surface area contributed by atoms with Crippen molar-refractivity contribution in [3.63, 3.8) is 0 Å². The lowest BCUT2D eigenvalue weighted by Crippen LogP contribution is -2.46. The first kappa shape index (κ1) is 19.5. The molecule has 0 atom stereocenters. The topological polar surface area (TPSA) is 56.7 Å². The summed E-state index contributed by atoms with van der Waals surface area (Å²) in [6.45, 7) is 4.70. The Hall–Kier alpha value is -2.24. The molecule has 0 radical (unpaired) electrons. The number of carbonyl (C=O) groups excluding carboxylic acids is 1. The average Bonchev–Trinajstić information content (AvgIpc) is 2.72. The van der Waals surface area contributed by atoms with Crippen molar-refractivity contribution < 1.29 is 9.90 Å². The summed E-state index contributed by atoms with van der Waals surface area (Å²) in [5, 5.41) is 9.00. The number of piperidine rings is 1. The van der Waals surface area contributed by atoms with E-state index in [1.54, 1.807) is 6.20 Å². The molecule has 1 aromatic heterocycles. The molecule has 1 aliphatic heterocycles. The summed E-state index contributed by atoms with van der Waals surface area (Å²) in [5.41, 5.74) is 3.67. The van der Waals surface area contributed by atoms with Crippen LogP contribution >= 0.6 is 0 Å². The van der Waals surface area contributed by atoms with Crippen LogP contribution < -0.4 is 0 Å². The quantitative estimate of drug-likeness (QED) is 0.853. The number of hydrogen-bond acceptors (Lipinski definition) is 4. The summed E-state index contributed by atoms with van der Waals surface area (Å²) in [6.07, 6.45) is 4.54. The molecule has 1 aliphatic rings. The first-order valence-corrected chi connectivity index (χ1v) is 9.73. The van der Waals surface area contributed by atoms with Crippen molar-refractivity contribution in [2.75, 3.05) is 33.3 Å². The molecule has 1 fully saturated rings. The summed E-state index contributed by atoms with van der Waals surface area (Å²) < 4.78 is 0. The highest BCUT2D eigenvalue weighted by atomic mass is 16.3. The standard InChI is InChI=1S/C22H29N3O2/c1-17-19(21-9-3-4-12-23-21)7-5-8-20(17)22(27)25-14-10-18(11-15-25)24(2)13-6-16-26/h3-5,7-9,12,18,26H,6,10-11,13-16H2,1-2H3. The third kappa shape index (κ3) is 4.54. The highest BCUT2D eigenvalue weighted by molar-refractivity contribution is 5.97. The number of benzene rings is 1. The lowest BCUT2D eigenvalue weighted by molar-refractivity contribution is 0.0640. The van der Waals surface area contributed by atoms with E-state index < -0.39 is 0 Å². The van der Waals surface area contributed by atoms with E-state index in [1.807, 2.05) is 48.2 Å². The molecule has 0 aliphatic carbocycles. The Kier molecular flexibility index (Phi) is 6.58. The van der Waals surface area contributed by atoms with Gasteiger partial charge in [0.2, 0.25) is 0 Å². The molecule has 0 bridgehead atoms. The molecule has 1 amide bonds. The number of aliphatic hydroxyl groups is 1. The van der Waals surface area contributed by atoms with Gasteiger partial charge in [-0.05, 0) is 57.0 Å². The van der Waals surface area contributed by atoms with Gasteiger partial charge in [0.15, 0.2) is 0 Å².